The standard InChI is InChI=1S/C23H20Cl3N3O/c24-18-8-6-16(7-9-18)22-15-28(27-23(30)17-4-2-1-3-5-17)12-13-29(22)21-11-10-19(25)14-20(21)26/h1-11,14,22H,12-13,15H2,(H,27,30). The van der Waals surface area contributed by atoms with Gasteiger partial charge in [-0.15, -0.1) is 0 Å². The highest BCUT2D eigenvalue weighted by Crippen LogP contribution is 2.36. The monoisotopic (exact) mass is 459 g/mol. The van der Waals surface area contributed by atoms with Gasteiger partial charge in [-0.05, 0) is 48.0 Å². The van der Waals surface area contributed by atoms with Crippen molar-refractivity contribution in [2.45, 2.75) is 6.04 Å². The molecule has 154 valence electrons. The van der Waals surface area contributed by atoms with Crippen molar-refractivity contribution in [2.24, 2.45) is 0 Å². The van der Waals surface area contributed by atoms with Gasteiger partial charge in [-0.25, -0.2) is 5.01 Å². The number of halogens is 3. The minimum absolute atomic E-state index is 0.0224. The number of hydrazine groups is 1. The van der Waals surface area contributed by atoms with E-state index < -0.39 is 0 Å². The van der Waals surface area contributed by atoms with Gasteiger partial charge in [0.1, 0.15) is 0 Å². The van der Waals surface area contributed by atoms with Gasteiger partial charge in [0, 0.05) is 35.2 Å². The fourth-order valence-electron chi connectivity index (χ4n) is 3.65. The van der Waals surface area contributed by atoms with Crippen LogP contribution in [0.2, 0.25) is 15.1 Å². The van der Waals surface area contributed by atoms with Gasteiger partial charge in [-0.2, -0.15) is 0 Å². The number of carbonyl (C=O) groups is 1. The molecule has 0 bridgehead atoms. The molecular formula is C23H20Cl3N3O. The zero-order chi connectivity index (χ0) is 21.1. The molecule has 0 aromatic heterocycles. The molecule has 1 N–H and O–H groups in total. The maximum atomic E-state index is 12.6. The van der Waals surface area contributed by atoms with Crippen LogP contribution in [-0.2, 0) is 0 Å². The van der Waals surface area contributed by atoms with E-state index in [0.717, 1.165) is 11.3 Å². The smallest absolute Gasteiger partial charge is 0.265 e. The molecule has 3 aromatic rings. The second kappa shape index (κ2) is 9.27. The van der Waals surface area contributed by atoms with Gasteiger partial charge in [0.25, 0.3) is 5.91 Å². The van der Waals surface area contributed by atoms with E-state index in [2.05, 4.69) is 10.3 Å². The normalized spacial score (nSPS) is 17.0. The summed E-state index contributed by atoms with van der Waals surface area (Å²) in [6, 6.07) is 22.5. The first-order valence-corrected chi connectivity index (χ1v) is 10.7. The lowest BCUT2D eigenvalue weighted by Crippen LogP contribution is -2.55. The number of hydrogen-bond acceptors (Lipinski definition) is 3. The largest absolute Gasteiger partial charge is 0.361 e. The third-order valence-electron chi connectivity index (χ3n) is 5.15. The lowest BCUT2D eigenvalue weighted by atomic mass is 10.0. The molecule has 1 aliphatic rings. The van der Waals surface area contributed by atoms with Crippen molar-refractivity contribution in [3.05, 3.63) is 99.0 Å². The van der Waals surface area contributed by atoms with Crippen molar-refractivity contribution in [1.29, 1.82) is 0 Å². The molecule has 1 saturated heterocycles. The summed E-state index contributed by atoms with van der Waals surface area (Å²) in [6.07, 6.45) is 0. The van der Waals surface area contributed by atoms with Crippen molar-refractivity contribution < 1.29 is 4.79 Å². The Hall–Kier alpha value is -2.24. The van der Waals surface area contributed by atoms with E-state index in [1.807, 2.05) is 59.6 Å². The third kappa shape index (κ3) is 4.73. The Labute approximate surface area is 190 Å². The molecule has 0 spiro atoms. The van der Waals surface area contributed by atoms with Crippen molar-refractivity contribution in [2.75, 3.05) is 24.5 Å². The molecule has 4 rings (SSSR count). The Morgan fingerprint density at radius 1 is 0.867 bits per heavy atom. The quantitative estimate of drug-likeness (QED) is 0.530. The van der Waals surface area contributed by atoms with Gasteiger partial charge >= 0.3 is 0 Å². The topological polar surface area (TPSA) is 35.6 Å². The van der Waals surface area contributed by atoms with E-state index >= 15 is 0 Å². The number of anilines is 1. The zero-order valence-corrected chi connectivity index (χ0v) is 18.3. The number of carbonyl (C=O) groups excluding carboxylic acids is 1. The lowest BCUT2D eigenvalue weighted by Gasteiger charge is -2.43. The molecule has 1 heterocycles. The van der Waals surface area contributed by atoms with E-state index in [0.29, 0.717) is 40.3 Å². The molecule has 0 aliphatic carbocycles. The summed E-state index contributed by atoms with van der Waals surface area (Å²) in [4.78, 5) is 14.9. The molecule has 1 amide bonds. The van der Waals surface area contributed by atoms with Crippen molar-refractivity contribution in [3.8, 4) is 0 Å². The predicted molar refractivity (Wildman–Crippen MR) is 123 cm³/mol. The number of hydrogen-bond donors (Lipinski definition) is 1. The number of rotatable bonds is 4. The summed E-state index contributed by atoms with van der Waals surface area (Å²) < 4.78 is 0. The first-order chi connectivity index (χ1) is 14.5. The van der Waals surface area contributed by atoms with Crippen LogP contribution in [-0.4, -0.2) is 30.6 Å². The Kier molecular flexibility index (Phi) is 6.49. The van der Waals surface area contributed by atoms with Crippen LogP contribution in [0.3, 0.4) is 0 Å². The lowest BCUT2D eigenvalue weighted by molar-refractivity contribution is 0.0747. The van der Waals surface area contributed by atoms with Crippen LogP contribution < -0.4 is 10.3 Å². The van der Waals surface area contributed by atoms with Gasteiger partial charge < -0.3 is 4.90 Å². The number of nitrogens with zero attached hydrogens (tertiary/aromatic N) is 2. The summed E-state index contributed by atoms with van der Waals surface area (Å²) in [7, 11) is 0. The molecule has 7 heteroatoms. The third-order valence-corrected chi connectivity index (χ3v) is 5.94. The molecule has 4 nitrogen and oxygen atoms in total. The Morgan fingerprint density at radius 3 is 2.27 bits per heavy atom. The van der Waals surface area contributed by atoms with Gasteiger partial charge in [0.05, 0.1) is 16.8 Å². The van der Waals surface area contributed by atoms with Crippen LogP contribution in [0.1, 0.15) is 22.0 Å². The molecule has 1 fully saturated rings. The highest BCUT2D eigenvalue weighted by molar-refractivity contribution is 6.36. The van der Waals surface area contributed by atoms with Crippen LogP contribution >= 0.6 is 34.8 Å². The molecule has 1 unspecified atom stereocenters. The molecule has 1 aliphatic heterocycles. The first-order valence-electron chi connectivity index (χ1n) is 9.59. The van der Waals surface area contributed by atoms with Crippen LogP contribution in [0.15, 0.2) is 72.8 Å². The van der Waals surface area contributed by atoms with Gasteiger partial charge in [0.15, 0.2) is 0 Å². The Bertz CT molecular complexity index is 1030. The van der Waals surface area contributed by atoms with E-state index in [9.17, 15) is 4.79 Å². The van der Waals surface area contributed by atoms with Crippen molar-refractivity contribution in [3.63, 3.8) is 0 Å². The number of amides is 1. The Morgan fingerprint density at radius 2 is 1.57 bits per heavy atom. The minimum atomic E-state index is -0.122. The molecule has 0 saturated carbocycles. The summed E-state index contributed by atoms with van der Waals surface area (Å²) >= 11 is 18.7. The fourth-order valence-corrected chi connectivity index (χ4v) is 4.30. The van der Waals surface area contributed by atoms with E-state index in [1.54, 1.807) is 18.2 Å². The first kappa shape index (κ1) is 21.0. The summed E-state index contributed by atoms with van der Waals surface area (Å²) in [5.74, 6) is -0.122. The molecule has 3 aromatic carbocycles. The highest BCUT2D eigenvalue weighted by atomic mass is 35.5. The maximum absolute atomic E-state index is 12.6. The molecule has 0 radical (unpaired) electrons. The fraction of sp³-hybridized carbons (Fsp3) is 0.174. The van der Waals surface area contributed by atoms with Crippen LogP contribution in [0.4, 0.5) is 5.69 Å². The predicted octanol–water partition coefficient (Wildman–Crippen LogP) is 5.86. The van der Waals surface area contributed by atoms with Crippen LogP contribution in [0.25, 0.3) is 0 Å². The van der Waals surface area contributed by atoms with Crippen LogP contribution in [0, 0.1) is 0 Å². The number of piperazine rings is 1. The van der Waals surface area contributed by atoms with E-state index in [1.165, 1.54) is 0 Å². The second-order valence-electron chi connectivity index (χ2n) is 7.11. The van der Waals surface area contributed by atoms with Crippen molar-refractivity contribution in [1.82, 2.24) is 10.4 Å². The summed E-state index contributed by atoms with van der Waals surface area (Å²) in [6.45, 7) is 1.94. The van der Waals surface area contributed by atoms with Gasteiger partial charge in [-0.3, -0.25) is 10.2 Å². The zero-order valence-electron chi connectivity index (χ0n) is 16.1. The van der Waals surface area contributed by atoms with E-state index in [4.69, 9.17) is 34.8 Å². The average Bonchev–Trinajstić information content (AvgIpc) is 2.75. The van der Waals surface area contributed by atoms with Crippen LogP contribution in [0.5, 0.6) is 0 Å². The molecular weight excluding hydrogens is 441 g/mol. The van der Waals surface area contributed by atoms with Gasteiger partial charge in [0.2, 0.25) is 0 Å². The highest BCUT2D eigenvalue weighted by Gasteiger charge is 2.30. The maximum Gasteiger partial charge on any atom is 0.265 e. The molecule has 1 atom stereocenters. The number of nitrogens with one attached hydrogen (secondary N) is 1. The van der Waals surface area contributed by atoms with E-state index in [-0.39, 0.29) is 11.9 Å². The number of benzene rings is 3. The minimum Gasteiger partial charge on any atom is -0.361 e. The Balaban J connectivity index is 1.60. The average molecular weight is 461 g/mol. The summed E-state index contributed by atoms with van der Waals surface area (Å²) in [5, 5.41) is 3.83. The van der Waals surface area contributed by atoms with Crippen molar-refractivity contribution >= 4 is 46.4 Å². The summed E-state index contributed by atoms with van der Waals surface area (Å²) in [5.41, 5.74) is 5.66. The molecule has 30 heavy (non-hydrogen) atoms. The van der Waals surface area contributed by atoms with Gasteiger partial charge in [-0.1, -0.05) is 65.1 Å². The SMILES string of the molecule is O=C(NN1CCN(c2ccc(Cl)cc2Cl)C(c2ccc(Cl)cc2)C1)c1ccccc1. The second-order valence-corrected chi connectivity index (χ2v) is 8.39.